The predicted octanol–water partition coefficient (Wildman–Crippen LogP) is 1.63. The highest BCUT2D eigenvalue weighted by Crippen LogP contribution is 2.23. The number of nitrogens with zero attached hydrogens (tertiary/aromatic N) is 2. The molecule has 100 valence electrons. The second-order valence-corrected chi connectivity index (χ2v) is 4.00. The third-order valence-corrected chi connectivity index (χ3v) is 2.43. The minimum Gasteiger partial charge on any atom is -0.345 e. The Bertz CT molecular complexity index is 568. The topological polar surface area (TPSA) is 70.7 Å². The van der Waals surface area contributed by atoms with Crippen molar-refractivity contribution in [3.63, 3.8) is 0 Å². The molecule has 0 aliphatic heterocycles. The van der Waals surface area contributed by atoms with E-state index in [0.717, 1.165) is 0 Å². The van der Waals surface area contributed by atoms with Crippen molar-refractivity contribution < 1.29 is 13.6 Å². The van der Waals surface area contributed by atoms with Crippen LogP contribution in [-0.4, -0.2) is 27.6 Å². The average molecular weight is 266 g/mol. The first-order valence-electron chi connectivity index (χ1n) is 5.59. The van der Waals surface area contributed by atoms with E-state index in [4.69, 9.17) is 0 Å². The monoisotopic (exact) mass is 266 g/mol. The van der Waals surface area contributed by atoms with Crippen LogP contribution in [0.15, 0.2) is 30.3 Å². The van der Waals surface area contributed by atoms with Gasteiger partial charge in [-0.15, -0.1) is 0 Å². The van der Waals surface area contributed by atoms with E-state index in [2.05, 4.69) is 20.5 Å². The fourth-order valence-electron chi connectivity index (χ4n) is 1.47. The molecule has 0 saturated heterocycles. The van der Waals surface area contributed by atoms with E-state index < -0.39 is 24.2 Å². The molecule has 0 aliphatic carbocycles. The number of aromatic nitrogens is 3. The van der Waals surface area contributed by atoms with Crippen LogP contribution in [0.5, 0.6) is 0 Å². The number of hydrogen-bond donors (Lipinski definition) is 2. The predicted molar refractivity (Wildman–Crippen MR) is 63.8 cm³/mol. The SMILES string of the molecule is Cc1nc(C(F)(F)CNC(=O)c2ccccc2)n[nH]1. The summed E-state index contributed by atoms with van der Waals surface area (Å²) in [6.45, 7) is 0.674. The van der Waals surface area contributed by atoms with Crippen LogP contribution in [0.1, 0.15) is 22.0 Å². The second-order valence-electron chi connectivity index (χ2n) is 4.00. The standard InChI is InChI=1S/C12H12F2N4O/c1-8-16-11(18-17-8)12(13,14)7-15-10(19)9-5-3-2-4-6-9/h2-6H,7H2,1H3,(H,15,19)(H,16,17,18). The lowest BCUT2D eigenvalue weighted by Crippen LogP contribution is -2.35. The summed E-state index contributed by atoms with van der Waals surface area (Å²) < 4.78 is 27.4. The minimum absolute atomic E-state index is 0.295. The summed E-state index contributed by atoms with van der Waals surface area (Å²) in [5.41, 5.74) is 0.324. The van der Waals surface area contributed by atoms with Gasteiger partial charge >= 0.3 is 5.92 Å². The normalized spacial score (nSPS) is 11.3. The second kappa shape index (κ2) is 5.13. The van der Waals surface area contributed by atoms with Crippen LogP contribution in [0.4, 0.5) is 8.78 Å². The van der Waals surface area contributed by atoms with Crippen molar-refractivity contribution in [2.45, 2.75) is 12.8 Å². The fraction of sp³-hybridized carbons (Fsp3) is 0.250. The number of carbonyl (C=O) groups is 1. The van der Waals surface area contributed by atoms with E-state index in [1.54, 1.807) is 30.3 Å². The highest BCUT2D eigenvalue weighted by Gasteiger charge is 2.36. The van der Waals surface area contributed by atoms with Crippen molar-refractivity contribution in [1.82, 2.24) is 20.5 Å². The summed E-state index contributed by atoms with van der Waals surface area (Å²) in [5, 5.41) is 7.91. The molecule has 2 rings (SSSR count). The van der Waals surface area contributed by atoms with Crippen LogP contribution in [0.2, 0.25) is 0 Å². The Kier molecular flexibility index (Phi) is 3.55. The quantitative estimate of drug-likeness (QED) is 0.883. The molecule has 0 fully saturated rings. The molecule has 0 saturated carbocycles. The molecule has 7 heteroatoms. The number of rotatable bonds is 4. The van der Waals surface area contributed by atoms with Gasteiger partial charge in [-0.1, -0.05) is 18.2 Å². The molecule has 1 aromatic heterocycles. The Morgan fingerprint density at radius 2 is 2.05 bits per heavy atom. The lowest BCUT2D eigenvalue weighted by Gasteiger charge is -2.13. The van der Waals surface area contributed by atoms with E-state index in [0.29, 0.717) is 11.4 Å². The van der Waals surface area contributed by atoms with Gasteiger partial charge in [-0.2, -0.15) is 13.9 Å². The van der Waals surface area contributed by atoms with Gasteiger partial charge in [0.1, 0.15) is 5.82 Å². The van der Waals surface area contributed by atoms with Gasteiger partial charge in [0, 0.05) is 5.56 Å². The molecule has 2 aromatic rings. The number of benzene rings is 1. The highest BCUT2D eigenvalue weighted by molar-refractivity contribution is 5.94. The number of amides is 1. The summed E-state index contributed by atoms with van der Waals surface area (Å²) in [7, 11) is 0. The Hall–Kier alpha value is -2.31. The maximum atomic E-state index is 13.7. The van der Waals surface area contributed by atoms with Gasteiger partial charge in [-0.3, -0.25) is 9.89 Å². The molecule has 0 aliphatic rings. The third-order valence-electron chi connectivity index (χ3n) is 2.43. The Balaban J connectivity index is 2.00. The Labute approximate surface area is 108 Å². The largest absolute Gasteiger partial charge is 0.345 e. The first kappa shape index (κ1) is 13.1. The Morgan fingerprint density at radius 3 is 2.63 bits per heavy atom. The van der Waals surface area contributed by atoms with Gasteiger partial charge in [-0.05, 0) is 19.1 Å². The molecule has 5 nitrogen and oxygen atoms in total. The zero-order valence-electron chi connectivity index (χ0n) is 10.2. The summed E-state index contributed by atoms with van der Waals surface area (Å²) >= 11 is 0. The number of nitrogens with one attached hydrogen (secondary N) is 2. The van der Waals surface area contributed by atoms with Gasteiger partial charge in [0.25, 0.3) is 5.91 Å². The molecule has 19 heavy (non-hydrogen) atoms. The number of aryl methyl sites for hydroxylation is 1. The van der Waals surface area contributed by atoms with Crippen molar-refractivity contribution >= 4 is 5.91 Å². The molecular weight excluding hydrogens is 254 g/mol. The summed E-state index contributed by atoms with van der Waals surface area (Å²) in [6, 6.07) is 8.15. The molecule has 1 aromatic carbocycles. The smallest absolute Gasteiger partial charge is 0.325 e. The number of halogens is 2. The fourth-order valence-corrected chi connectivity index (χ4v) is 1.47. The molecule has 0 spiro atoms. The third kappa shape index (κ3) is 3.12. The van der Waals surface area contributed by atoms with Gasteiger partial charge in [0.15, 0.2) is 0 Å². The summed E-state index contributed by atoms with van der Waals surface area (Å²) in [6.07, 6.45) is 0. The van der Waals surface area contributed by atoms with Gasteiger partial charge < -0.3 is 5.32 Å². The van der Waals surface area contributed by atoms with Crippen LogP contribution in [0, 0.1) is 6.92 Å². The van der Waals surface area contributed by atoms with Crippen molar-refractivity contribution in [2.75, 3.05) is 6.54 Å². The van der Waals surface area contributed by atoms with Crippen molar-refractivity contribution in [1.29, 1.82) is 0 Å². The highest BCUT2D eigenvalue weighted by atomic mass is 19.3. The van der Waals surface area contributed by atoms with Crippen LogP contribution in [0.3, 0.4) is 0 Å². The van der Waals surface area contributed by atoms with E-state index >= 15 is 0 Å². The molecule has 0 bridgehead atoms. The number of alkyl halides is 2. The minimum atomic E-state index is -3.31. The molecule has 0 unspecified atom stereocenters. The van der Waals surface area contributed by atoms with Crippen LogP contribution in [-0.2, 0) is 5.92 Å². The van der Waals surface area contributed by atoms with Gasteiger partial charge in [0.05, 0.1) is 6.54 Å². The molecule has 0 radical (unpaired) electrons. The molecule has 1 heterocycles. The van der Waals surface area contributed by atoms with Gasteiger partial charge in [0.2, 0.25) is 5.82 Å². The molecule has 1 amide bonds. The summed E-state index contributed by atoms with van der Waals surface area (Å²) in [5.74, 6) is -4.20. The van der Waals surface area contributed by atoms with E-state index in [1.807, 2.05) is 0 Å². The number of aromatic amines is 1. The van der Waals surface area contributed by atoms with Crippen molar-refractivity contribution in [2.24, 2.45) is 0 Å². The Morgan fingerprint density at radius 1 is 1.37 bits per heavy atom. The molecule has 0 atom stereocenters. The molecular formula is C12H12F2N4O. The van der Waals surface area contributed by atoms with Crippen LogP contribution < -0.4 is 5.32 Å². The van der Waals surface area contributed by atoms with E-state index in [9.17, 15) is 13.6 Å². The van der Waals surface area contributed by atoms with Crippen LogP contribution in [0.25, 0.3) is 0 Å². The maximum Gasteiger partial charge on any atom is 0.325 e. The lowest BCUT2D eigenvalue weighted by atomic mass is 10.2. The number of hydrogen-bond acceptors (Lipinski definition) is 3. The lowest BCUT2D eigenvalue weighted by molar-refractivity contribution is -0.0111. The zero-order valence-corrected chi connectivity index (χ0v) is 10.2. The van der Waals surface area contributed by atoms with E-state index in [1.165, 1.54) is 6.92 Å². The summed E-state index contributed by atoms with van der Waals surface area (Å²) in [4.78, 5) is 15.2. The van der Waals surface area contributed by atoms with Crippen molar-refractivity contribution in [3.8, 4) is 0 Å². The van der Waals surface area contributed by atoms with Crippen molar-refractivity contribution in [3.05, 3.63) is 47.5 Å². The van der Waals surface area contributed by atoms with Gasteiger partial charge in [-0.25, -0.2) is 4.98 Å². The maximum absolute atomic E-state index is 13.7. The zero-order chi connectivity index (χ0) is 13.9. The molecule has 2 N–H and O–H groups in total. The number of H-pyrrole nitrogens is 1. The first-order chi connectivity index (χ1) is 8.99. The number of carbonyl (C=O) groups excluding carboxylic acids is 1. The van der Waals surface area contributed by atoms with Crippen LogP contribution >= 0.6 is 0 Å². The first-order valence-corrected chi connectivity index (χ1v) is 5.59. The average Bonchev–Trinajstić information content (AvgIpc) is 2.85. The van der Waals surface area contributed by atoms with E-state index in [-0.39, 0.29) is 0 Å².